The number of hydrogen-bond donors (Lipinski definition) is 1. The molecule has 1 unspecified atom stereocenters. The van der Waals surface area contributed by atoms with E-state index in [1.807, 2.05) is 0 Å². The summed E-state index contributed by atoms with van der Waals surface area (Å²) in [7, 11) is 0. The fourth-order valence-electron chi connectivity index (χ4n) is 3.38. The van der Waals surface area contributed by atoms with Crippen molar-refractivity contribution in [2.45, 2.75) is 45.7 Å². The van der Waals surface area contributed by atoms with Gasteiger partial charge in [0.1, 0.15) is 0 Å². The second-order valence-electron chi connectivity index (χ2n) is 6.45. The molecule has 1 aliphatic rings. The lowest BCUT2D eigenvalue weighted by atomic mass is 9.87. The first-order valence-electron chi connectivity index (χ1n) is 7.37. The summed E-state index contributed by atoms with van der Waals surface area (Å²) < 4.78 is 0. The standard InChI is InChI=1S/C18H23N/c1-18(2)12-6-11-17(18)19-13-15-9-5-8-14-7-3-4-10-16(14)15/h3-5,7-10,17,19H,6,11-13H2,1-2H3. The molecular formula is C18H23N. The van der Waals surface area contributed by atoms with Crippen LogP contribution in [0.2, 0.25) is 0 Å². The molecule has 1 fully saturated rings. The normalized spacial score (nSPS) is 21.9. The number of hydrogen-bond acceptors (Lipinski definition) is 1. The van der Waals surface area contributed by atoms with Crippen LogP contribution in [0.5, 0.6) is 0 Å². The van der Waals surface area contributed by atoms with Crippen LogP contribution in [0.15, 0.2) is 42.5 Å². The molecule has 1 saturated carbocycles. The zero-order valence-corrected chi connectivity index (χ0v) is 11.9. The van der Waals surface area contributed by atoms with Crippen LogP contribution in [0.25, 0.3) is 10.8 Å². The smallest absolute Gasteiger partial charge is 0.0214 e. The van der Waals surface area contributed by atoms with Crippen molar-refractivity contribution in [2.75, 3.05) is 0 Å². The van der Waals surface area contributed by atoms with E-state index in [4.69, 9.17) is 0 Å². The molecule has 3 rings (SSSR count). The number of rotatable bonds is 3. The maximum absolute atomic E-state index is 3.78. The molecule has 1 atom stereocenters. The Morgan fingerprint density at radius 2 is 1.89 bits per heavy atom. The number of fused-ring (bicyclic) bond motifs is 1. The summed E-state index contributed by atoms with van der Waals surface area (Å²) in [6.45, 7) is 5.76. The monoisotopic (exact) mass is 253 g/mol. The van der Waals surface area contributed by atoms with Gasteiger partial charge >= 0.3 is 0 Å². The average Bonchev–Trinajstić information content (AvgIpc) is 2.75. The van der Waals surface area contributed by atoms with Crippen molar-refractivity contribution in [3.05, 3.63) is 48.0 Å². The van der Waals surface area contributed by atoms with Gasteiger partial charge in [-0.15, -0.1) is 0 Å². The Morgan fingerprint density at radius 3 is 2.68 bits per heavy atom. The SMILES string of the molecule is CC1(C)CCCC1NCc1cccc2ccccc12. The zero-order valence-electron chi connectivity index (χ0n) is 11.9. The van der Waals surface area contributed by atoms with Crippen molar-refractivity contribution in [1.29, 1.82) is 0 Å². The molecule has 2 aromatic rings. The van der Waals surface area contributed by atoms with Crippen molar-refractivity contribution < 1.29 is 0 Å². The lowest BCUT2D eigenvalue weighted by molar-refractivity contribution is 0.283. The molecule has 0 aromatic heterocycles. The van der Waals surface area contributed by atoms with Gasteiger partial charge in [-0.3, -0.25) is 0 Å². The van der Waals surface area contributed by atoms with Crippen molar-refractivity contribution in [3.63, 3.8) is 0 Å². The van der Waals surface area contributed by atoms with Crippen LogP contribution in [0.4, 0.5) is 0 Å². The first-order valence-corrected chi connectivity index (χ1v) is 7.37. The summed E-state index contributed by atoms with van der Waals surface area (Å²) in [4.78, 5) is 0. The van der Waals surface area contributed by atoms with E-state index in [0.29, 0.717) is 11.5 Å². The Morgan fingerprint density at radius 1 is 1.11 bits per heavy atom. The highest BCUT2D eigenvalue weighted by molar-refractivity contribution is 5.85. The molecule has 2 aromatic carbocycles. The van der Waals surface area contributed by atoms with Crippen LogP contribution in [-0.4, -0.2) is 6.04 Å². The molecule has 0 saturated heterocycles. The molecule has 1 aliphatic carbocycles. The highest BCUT2D eigenvalue weighted by atomic mass is 14.9. The zero-order chi connectivity index (χ0) is 13.3. The molecule has 1 N–H and O–H groups in total. The Labute approximate surface area is 116 Å². The summed E-state index contributed by atoms with van der Waals surface area (Å²) in [5.41, 5.74) is 1.87. The van der Waals surface area contributed by atoms with Crippen LogP contribution in [0.3, 0.4) is 0 Å². The average molecular weight is 253 g/mol. The third-order valence-electron chi connectivity index (χ3n) is 4.68. The summed E-state index contributed by atoms with van der Waals surface area (Å²) in [5, 5.41) is 6.50. The van der Waals surface area contributed by atoms with Gasteiger partial charge in [0.2, 0.25) is 0 Å². The minimum Gasteiger partial charge on any atom is -0.309 e. The van der Waals surface area contributed by atoms with Crippen molar-refractivity contribution in [2.24, 2.45) is 5.41 Å². The highest BCUT2D eigenvalue weighted by Crippen LogP contribution is 2.37. The van der Waals surface area contributed by atoms with E-state index in [0.717, 1.165) is 6.54 Å². The van der Waals surface area contributed by atoms with E-state index in [2.05, 4.69) is 61.6 Å². The van der Waals surface area contributed by atoms with Gasteiger partial charge in [0.05, 0.1) is 0 Å². The predicted octanol–water partition coefficient (Wildman–Crippen LogP) is 4.51. The molecule has 1 nitrogen and oxygen atoms in total. The van der Waals surface area contributed by atoms with Crippen molar-refractivity contribution in [1.82, 2.24) is 5.32 Å². The summed E-state index contributed by atoms with van der Waals surface area (Å²) in [5.74, 6) is 0. The molecule has 0 aliphatic heterocycles. The fourth-order valence-corrected chi connectivity index (χ4v) is 3.38. The Balaban J connectivity index is 1.79. The second-order valence-corrected chi connectivity index (χ2v) is 6.45. The predicted molar refractivity (Wildman–Crippen MR) is 82.2 cm³/mol. The molecule has 0 amide bonds. The fraction of sp³-hybridized carbons (Fsp3) is 0.444. The molecule has 100 valence electrons. The molecule has 0 spiro atoms. The van der Waals surface area contributed by atoms with Gasteiger partial charge < -0.3 is 5.32 Å². The van der Waals surface area contributed by atoms with E-state index in [9.17, 15) is 0 Å². The third-order valence-corrected chi connectivity index (χ3v) is 4.68. The quantitative estimate of drug-likeness (QED) is 0.848. The lowest BCUT2D eigenvalue weighted by Crippen LogP contribution is -2.37. The van der Waals surface area contributed by atoms with E-state index in [-0.39, 0.29) is 0 Å². The molecular weight excluding hydrogens is 230 g/mol. The Bertz CT molecular complexity index is 565. The third kappa shape index (κ3) is 2.52. The van der Waals surface area contributed by atoms with Crippen LogP contribution in [0.1, 0.15) is 38.7 Å². The molecule has 0 bridgehead atoms. The van der Waals surface area contributed by atoms with Crippen LogP contribution in [0, 0.1) is 5.41 Å². The van der Waals surface area contributed by atoms with E-state index in [1.54, 1.807) is 0 Å². The summed E-state index contributed by atoms with van der Waals surface area (Å²) in [6, 6.07) is 15.9. The molecule has 0 heterocycles. The molecule has 1 heteroatoms. The topological polar surface area (TPSA) is 12.0 Å². The van der Waals surface area contributed by atoms with Gasteiger partial charge in [-0.25, -0.2) is 0 Å². The Kier molecular flexibility index (Phi) is 3.32. The number of benzene rings is 2. The first kappa shape index (κ1) is 12.7. The van der Waals surface area contributed by atoms with Gasteiger partial charge in [0.25, 0.3) is 0 Å². The van der Waals surface area contributed by atoms with E-state index < -0.39 is 0 Å². The van der Waals surface area contributed by atoms with E-state index in [1.165, 1.54) is 35.6 Å². The van der Waals surface area contributed by atoms with Crippen molar-refractivity contribution in [3.8, 4) is 0 Å². The number of nitrogens with one attached hydrogen (secondary N) is 1. The highest BCUT2D eigenvalue weighted by Gasteiger charge is 2.33. The minimum atomic E-state index is 0.449. The Hall–Kier alpha value is -1.34. The van der Waals surface area contributed by atoms with Crippen molar-refractivity contribution >= 4 is 10.8 Å². The maximum atomic E-state index is 3.78. The lowest BCUT2D eigenvalue weighted by Gasteiger charge is -2.28. The van der Waals surface area contributed by atoms with Crippen LogP contribution < -0.4 is 5.32 Å². The summed E-state index contributed by atoms with van der Waals surface area (Å²) >= 11 is 0. The summed E-state index contributed by atoms with van der Waals surface area (Å²) in [6.07, 6.45) is 4.03. The molecule has 0 radical (unpaired) electrons. The minimum absolute atomic E-state index is 0.449. The maximum Gasteiger partial charge on any atom is 0.0214 e. The van der Waals surface area contributed by atoms with Gasteiger partial charge in [-0.1, -0.05) is 62.7 Å². The van der Waals surface area contributed by atoms with Gasteiger partial charge in [-0.2, -0.15) is 0 Å². The van der Waals surface area contributed by atoms with Gasteiger partial charge in [-0.05, 0) is 34.6 Å². The van der Waals surface area contributed by atoms with E-state index >= 15 is 0 Å². The van der Waals surface area contributed by atoms with Gasteiger partial charge in [0.15, 0.2) is 0 Å². The van der Waals surface area contributed by atoms with Gasteiger partial charge in [0, 0.05) is 12.6 Å². The van der Waals surface area contributed by atoms with Crippen LogP contribution >= 0.6 is 0 Å². The van der Waals surface area contributed by atoms with Crippen LogP contribution in [-0.2, 0) is 6.54 Å². The largest absolute Gasteiger partial charge is 0.309 e. The molecule has 19 heavy (non-hydrogen) atoms. The second kappa shape index (κ2) is 4.97. The first-order chi connectivity index (χ1) is 9.17.